The highest BCUT2D eigenvalue weighted by Gasteiger charge is 2.31. The Hall–Kier alpha value is -0.653. The van der Waals surface area contributed by atoms with Gasteiger partial charge in [-0.1, -0.05) is 13.0 Å². The van der Waals surface area contributed by atoms with Gasteiger partial charge in [-0.05, 0) is 39.4 Å². The maximum atomic E-state index is 11.8. The van der Waals surface area contributed by atoms with Crippen molar-refractivity contribution < 1.29 is 14.0 Å². The van der Waals surface area contributed by atoms with Crippen LogP contribution in [0.25, 0.3) is 0 Å². The van der Waals surface area contributed by atoms with E-state index in [-0.39, 0.29) is 17.4 Å². The Morgan fingerprint density at radius 2 is 1.95 bits per heavy atom. The molecular formula is C14H29NO3Si. The molecular weight excluding hydrogens is 258 g/mol. The molecule has 0 aromatic carbocycles. The molecule has 0 aromatic heterocycles. The molecule has 19 heavy (non-hydrogen) atoms. The number of methoxy groups -OCH3 is 1. The Labute approximate surface area is 118 Å². The van der Waals surface area contributed by atoms with Crippen molar-refractivity contribution in [2.45, 2.75) is 52.0 Å². The molecule has 4 nitrogen and oxygen atoms in total. The van der Waals surface area contributed by atoms with E-state index in [2.05, 4.69) is 31.5 Å². The van der Waals surface area contributed by atoms with Gasteiger partial charge in [0.05, 0.1) is 13.7 Å². The highest BCUT2D eigenvalue weighted by atomic mass is 28.4. The van der Waals surface area contributed by atoms with Crippen LogP contribution in [0.4, 0.5) is 0 Å². The predicted molar refractivity (Wildman–Crippen MR) is 81.7 cm³/mol. The highest BCUT2D eigenvalue weighted by molar-refractivity contribution is 6.69. The van der Waals surface area contributed by atoms with E-state index in [1.807, 2.05) is 20.8 Å². The second-order valence-corrected chi connectivity index (χ2v) is 11.0. The average Bonchev–Trinajstić information content (AvgIpc) is 2.31. The first-order valence-electron chi connectivity index (χ1n) is 6.64. The molecule has 112 valence electrons. The molecule has 0 aliphatic heterocycles. The van der Waals surface area contributed by atoms with E-state index in [4.69, 9.17) is 9.16 Å². The van der Waals surface area contributed by atoms with E-state index < -0.39 is 14.4 Å². The van der Waals surface area contributed by atoms with Gasteiger partial charge in [-0.2, -0.15) is 0 Å². The summed E-state index contributed by atoms with van der Waals surface area (Å²) in [6.07, 6.45) is 1.75. The van der Waals surface area contributed by atoms with E-state index >= 15 is 0 Å². The van der Waals surface area contributed by atoms with Gasteiger partial charge in [-0.25, -0.2) is 0 Å². The Kier molecular flexibility index (Phi) is 6.97. The van der Waals surface area contributed by atoms with Crippen LogP contribution in [-0.4, -0.2) is 39.6 Å². The maximum Gasteiger partial charge on any atom is 0.323 e. The van der Waals surface area contributed by atoms with Gasteiger partial charge in [-0.3, -0.25) is 10.1 Å². The standard InChI is InChI=1S/C14H29NO3Si/c1-9-11(2)12(13(16)17-5)15-14(3,4)10-18-19(6,7)8/h9,11-12,15H,1,10H2,2-8H3. The van der Waals surface area contributed by atoms with Crippen LogP contribution in [0.15, 0.2) is 12.7 Å². The third-order valence-corrected chi connectivity index (χ3v) is 3.78. The molecule has 0 saturated heterocycles. The zero-order chi connectivity index (χ0) is 15.3. The summed E-state index contributed by atoms with van der Waals surface area (Å²) in [5.74, 6) is -0.271. The SMILES string of the molecule is C=CC(C)C(NC(C)(C)CO[Si](C)(C)C)C(=O)OC. The number of carbonyl (C=O) groups excluding carboxylic acids is 1. The minimum absolute atomic E-state index is 0.00129. The van der Waals surface area contributed by atoms with Crippen molar-refractivity contribution in [2.75, 3.05) is 13.7 Å². The summed E-state index contributed by atoms with van der Waals surface area (Å²) in [4.78, 5) is 11.8. The van der Waals surface area contributed by atoms with Gasteiger partial charge in [0.2, 0.25) is 0 Å². The molecule has 0 fully saturated rings. The molecule has 0 rings (SSSR count). The van der Waals surface area contributed by atoms with Gasteiger partial charge in [0.15, 0.2) is 8.32 Å². The van der Waals surface area contributed by atoms with Crippen LogP contribution < -0.4 is 5.32 Å². The average molecular weight is 287 g/mol. The number of esters is 1. The normalized spacial score (nSPS) is 15.7. The summed E-state index contributed by atoms with van der Waals surface area (Å²) in [6, 6.07) is -0.400. The van der Waals surface area contributed by atoms with Crippen molar-refractivity contribution in [2.24, 2.45) is 5.92 Å². The number of ether oxygens (including phenoxy) is 1. The molecule has 0 aliphatic rings. The second-order valence-electron chi connectivity index (χ2n) is 6.52. The van der Waals surface area contributed by atoms with Crippen molar-refractivity contribution in [1.82, 2.24) is 5.32 Å². The van der Waals surface area contributed by atoms with Crippen LogP contribution in [0.3, 0.4) is 0 Å². The predicted octanol–water partition coefficient (Wildman–Crippen LogP) is 2.57. The summed E-state index contributed by atoms with van der Waals surface area (Å²) in [6.45, 7) is 16.7. The third-order valence-electron chi connectivity index (χ3n) is 2.76. The molecule has 0 bridgehead atoms. The number of hydrogen-bond donors (Lipinski definition) is 1. The zero-order valence-corrected chi connectivity index (χ0v) is 14.4. The molecule has 0 heterocycles. The van der Waals surface area contributed by atoms with Gasteiger partial charge in [0.25, 0.3) is 0 Å². The lowest BCUT2D eigenvalue weighted by atomic mass is 9.97. The highest BCUT2D eigenvalue weighted by Crippen LogP contribution is 2.14. The molecule has 0 radical (unpaired) electrons. The van der Waals surface area contributed by atoms with Crippen LogP contribution >= 0.6 is 0 Å². The lowest BCUT2D eigenvalue weighted by molar-refractivity contribution is -0.144. The van der Waals surface area contributed by atoms with E-state index in [1.165, 1.54) is 7.11 Å². The fraction of sp³-hybridized carbons (Fsp3) is 0.786. The largest absolute Gasteiger partial charge is 0.468 e. The maximum absolute atomic E-state index is 11.8. The smallest absolute Gasteiger partial charge is 0.323 e. The van der Waals surface area contributed by atoms with Gasteiger partial charge in [-0.15, -0.1) is 6.58 Å². The van der Waals surface area contributed by atoms with E-state index in [0.717, 1.165) is 0 Å². The van der Waals surface area contributed by atoms with Crippen LogP contribution in [0, 0.1) is 5.92 Å². The topological polar surface area (TPSA) is 47.6 Å². The van der Waals surface area contributed by atoms with Crippen molar-refractivity contribution in [1.29, 1.82) is 0 Å². The summed E-state index contributed by atoms with van der Waals surface area (Å²) >= 11 is 0. The summed E-state index contributed by atoms with van der Waals surface area (Å²) < 4.78 is 10.8. The molecule has 2 unspecified atom stereocenters. The Bertz CT molecular complexity index is 310. The monoisotopic (exact) mass is 287 g/mol. The van der Waals surface area contributed by atoms with Crippen molar-refractivity contribution in [3.63, 3.8) is 0 Å². The molecule has 2 atom stereocenters. The Morgan fingerprint density at radius 3 is 2.32 bits per heavy atom. The number of rotatable bonds is 8. The summed E-state index contributed by atoms with van der Waals surface area (Å²) in [5.41, 5.74) is -0.295. The minimum atomic E-state index is -1.57. The fourth-order valence-electron chi connectivity index (χ4n) is 1.53. The first-order valence-corrected chi connectivity index (χ1v) is 10.1. The second kappa shape index (κ2) is 7.22. The molecule has 5 heteroatoms. The van der Waals surface area contributed by atoms with Crippen molar-refractivity contribution in [3.05, 3.63) is 12.7 Å². The third kappa shape index (κ3) is 7.50. The van der Waals surface area contributed by atoms with Gasteiger partial charge >= 0.3 is 5.97 Å². The van der Waals surface area contributed by atoms with Gasteiger partial charge in [0, 0.05) is 5.54 Å². The summed E-state index contributed by atoms with van der Waals surface area (Å²) in [7, 11) is -0.164. The van der Waals surface area contributed by atoms with E-state index in [0.29, 0.717) is 6.61 Å². The minimum Gasteiger partial charge on any atom is -0.468 e. The zero-order valence-electron chi connectivity index (χ0n) is 13.4. The number of nitrogens with one attached hydrogen (secondary N) is 1. The van der Waals surface area contributed by atoms with Gasteiger partial charge < -0.3 is 9.16 Å². The first-order chi connectivity index (χ1) is 8.52. The lowest BCUT2D eigenvalue weighted by Crippen LogP contribution is -2.55. The van der Waals surface area contributed by atoms with E-state index in [1.54, 1.807) is 6.08 Å². The Balaban J connectivity index is 4.72. The molecule has 0 saturated carbocycles. The Morgan fingerprint density at radius 1 is 1.42 bits per heavy atom. The molecule has 0 aliphatic carbocycles. The lowest BCUT2D eigenvalue weighted by Gasteiger charge is -2.34. The van der Waals surface area contributed by atoms with Crippen LogP contribution in [0.5, 0.6) is 0 Å². The van der Waals surface area contributed by atoms with Crippen LogP contribution in [0.2, 0.25) is 19.6 Å². The molecule has 1 N–H and O–H groups in total. The van der Waals surface area contributed by atoms with Gasteiger partial charge in [0.1, 0.15) is 6.04 Å². The van der Waals surface area contributed by atoms with Crippen molar-refractivity contribution in [3.8, 4) is 0 Å². The first kappa shape index (κ1) is 18.3. The van der Waals surface area contributed by atoms with E-state index in [9.17, 15) is 4.79 Å². The molecule has 0 aromatic rings. The molecule has 0 amide bonds. The quantitative estimate of drug-likeness (QED) is 0.423. The number of hydrogen-bond acceptors (Lipinski definition) is 4. The molecule has 0 spiro atoms. The van der Waals surface area contributed by atoms with Crippen LogP contribution in [0.1, 0.15) is 20.8 Å². The fourth-order valence-corrected chi connectivity index (χ4v) is 2.32. The summed E-state index contributed by atoms with van der Waals surface area (Å²) in [5, 5.41) is 3.32. The van der Waals surface area contributed by atoms with Crippen molar-refractivity contribution >= 4 is 14.3 Å². The van der Waals surface area contributed by atoms with Crippen LogP contribution in [-0.2, 0) is 14.0 Å². The number of carbonyl (C=O) groups is 1.